The van der Waals surface area contributed by atoms with Crippen molar-refractivity contribution in [2.75, 3.05) is 6.54 Å². The second kappa shape index (κ2) is 6.11. The van der Waals surface area contributed by atoms with Gasteiger partial charge in [-0.15, -0.1) is 0 Å². The van der Waals surface area contributed by atoms with Crippen LogP contribution >= 0.6 is 0 Å². The Hall–Kier alpha value is -3.05. The molecule has 0 radical (unpaired) electrons. The van der Waals surface area contributed by atoms with Crippen molar-refractivity contribution in [2.24, 2.45) is 7.05 Å². The zero-order chi connectivity index (χ0) is 17.4. The predicted molar refractivity (Wildman–Crippen MR) is 98.5 cm³/mol. The SMILES string of the molecule is Cn1ccc2cc(C(O)CNC(=O)c3cc4ccccc4[nH]3)ccc21. The first-order valence-electron chi connectivity index (χ1n) is 8.21. The number of carbonyl (C=O) groups excluding carboxylic acids is 1. The molecule has 1 unspecified atom stereocenters. The molecule has 25 heavy (non-hydrogen) atoms. The Morgan fingerprint density at radius 1 is 1.16 bits per heavy atom. The number of aliphatic hydroxyl groups excluding tert-OH is 1. The summed E-state index contributed by atoms with van der Waals surface area (Å²) in [5, 5.41) is 15.2. The lowest BCUT2D eigenvalue weighted by Crippen LogP contribution is -2.28. The third kappa shape index (κ3) is 2.90. The van der Waals surface area contributed by atoms with Gasteiger partial charge in [0.25, 0.3) is 5.91 Å². The standard InChI is InChI=1S/C20H19N3O2/c1-23-9-8-14-10-15(6-7-18(14)23)19(24)12-21-20(25)17-11-13-4-2-3-5-16(13)22-17/h2-11,19,22,24H,12H2,1H3,(H,21,25). The molecular formula is C20H19N3O2. The van der Waals surface area contributed by atoms with Gasteiger partial charge in [-0.25, -0.2) is 0 Å². The van der Waals surface area contributed by atoms with Crippen LogP contribution in [0.1, 0.15) is 22.2 Å². The van der Waals surface area contributed by atoms with Gasteiger partial charge in [0.1, 0.15) is 5.69 Å². The minimum atomic E-state index is -0.752. The van der Waals surface area contributed by atoms with Gasteiger partial charge in [-0.1, -0.05) is 24.3 Å². The number of fused-ring (bicyclic) bond motifs is 2. The minimum absolute atomic E-state index is 0.159. The van der Waals surface area contributed by atoms with Gasteiger partial charge in [0.15, 0.2) is 0 Å². The van der Waals surface area contributed by atoms with Crippen molar-refractivity contribution >= 4 is 27.7 Å². The predicted octanol–water partition coefficient (Wildman–Crippen LogP) is 3.12. The molecule has 0 bridgehead atoms. The number of aryl methyl sites for hydroxylation is 1. The van der Waals surface area contributed by atoms with E-state index in [1.165, 1.54) is 0 Å². The van der Waals surface area contributed by atoms with E-state index in [0.29, 0.717) is 5.69 Å². The quantitative estimate of drug-likeness (QED) is 0.537. The molecule has 4 aromatic rings. The minimum Gasteiger partial charge on any atom is -0.387 e. The number of nitrogens with one attached hydrogen (secondary N) is 2. The maximum Gasteiger partial charge on any atom is 0.267 e. The van der Waals surface area contributed by atoms with E-state index in [4.69, 9.17) is 0 Å². The lowest BCUT2D eigenvalue weighted by Gasteiger charge is -2.12. The van der Waals surface area contributed by atoms with Gasteiger partial charge in [0.2, 0.25) is 0 Å². The monoisotopic (exact) mass is 333 g/mol. The molecule has 4 rings (SSSR count). The fourth-order valence-corrected chi connectivity index (χ4v) is 3.11. The van der Waals surface area contributed by atoms with Crippen LogP contribution in [-0.2, 0) is 7.05 Å². The number of aromatic amines is 1. The summed E-state index contributed by atoms with van der Waals surface area (Å²) in [6.45, 7) is 0.159. The molecule has 2 aromatic heterocycles. The van der Waals surface area contributed by atoms with Crippen LogP contribution in [0, 0.1) is 0 Å². The normalized spacial score (nSPS) is 12.6. The average molecular weight is 333 g/mol. The first-order valence-corrected chi connectivity index (χ1v) is 8.21. The number of aromatic nitrogens is 2. The van der Waals surface area contributed by atoms with Crippen molar-refractivity contribution in [3.8, 4) is 0 Å². The summed E-state index contributed by atoms with van der Waals surface area (Å²) in [6, 6.07) is 17.4. The van der Waals surface area contributed by atoms with Gasteiger partial charge in [-0.05, 0) is 41.3 Å². The Morgan fingerprint density at radius 2 is 2.00 bits per heavy atom. The molecule has 0 aliphatic carbocycles. The smallest absolute Gasteiger partial charge is 0.267 e. The third-order valence-corrected chi connectivity index (χ3v) is 4.52. The Labute approximate surface area is 144 Å². The Balaban J connectivity index is 1.46. The second-order valence-electron chi connectivity index (χ2n) is 6.24. The summed E-state index contributed by atoms with van der Waals surface area (Å²) in [7, 11) is 1.99. The highest BCUT2D eigenvalue weighted by molar-refractivity contribution is 5.98. The Kier molecular flexibility index (Phi) is 3.78. The number of hydrogen-bond donors (Lipinski definition) is 3. The van der Waals surface area contributed by atoms with E-state index in [-0.39, 0.29) is 12.5 Å². The zero-order valence-electron chi connectivity index (χ0n) is 13.9. The molecule has 0 saturated heterocycles. The molecule has 5 heteroatoms. The summed E-state index contributed by atoms with van der Waals surface area (Å²) in [5.74, 6) is -0.226. The first kappa shape index (κ1) is 15.5. The van der Waals surface area contributed by atoms with E-state index in [0.717, 1.165) is 27.4 Å². The largest absolute Gasteiger partial charge is 0.387 e. The lowest BCUT2D eigenvalue weighted by molar-refractivity contribution is 0.0912. The van der Waals surface area contributed by atoms with E-state index in [9.17, 15) is 9.90 Å². The molecule has 0 fully saturated rings. The molecule has 1 amide bonds. The number of benzene rings is 2. The molecule has 0 aliphatic rings. The Morgan fingerprint density at radius 3 is 2.84 bits per heavy atom. The maximum absolute atomic E-state index is 12.3. The van der Waals surface area contributed by atoms with Crippen molar-refractivity contribution in [3.63, 3.8) is 0 Å². The summed E-state index contributed by atoms with van der Waals surface area (Å²) in [6.07, 6.45) is 1.23. The number of amides is 1. The van der Waals surface area contributed by atoms with Crippen molar-refractivity contribution in [1.82, 2.24) is 14.9 Å². The fraction of sp³-hybridized carbons (Fsp3) is 0.150. The fourth-order valence-electron chi connectivity index (χ4n) is 3.11. The number of carbonyl (C=O) groups is 1. The molecule has 0 saturated carbocycles. The van der Waals surface area contributed by atoms with E-state index < -0.39 is 6.10 Å². The van der Waals surface area contributed by atoms with Gasteiger partial charge in [-0.3, -0.25) is 4.79 Å². The molecule has 0 spiro atoms. The zero-order valence-corrected chi connectivity index (χ0v) is 13.9. The van der Waals surface area contributed by atoms with Crippen LogP contribution < -0.4 is 5.32 Å². The van der Waals surface area contributed by atoms with Crippen LogP contribution in [0.2, 0.25) is 0 Å². The molecule has 2 aromatic carbocycles. The Bertz CT molecular complexity index is 1030. The number of hydrogen-bond acceptors (Lipinski definition) is 2. The van der Waals surface area contributed by atoms with Crippen molar-refractivity contribution in [2.45, 2.75) is 6.10 Å². The molecule has 3 N–H and O–H groups in total. The van der Waals surface area contributed by atoms with Gasteiger partial charge < -0.3 is 20.0 Å². The summed E-state index contributed by atoms with van der Waals surface area (Å²) in [5.41, 5.74) is 3.31. The first-order chi connectivity index (χ1) is 12.1. The van der Waals surface area contributed by atoms with Crippen molar-refractivity contribution in [1.29, 1.82) is 0 Å². The molecule has 2 heterocycles. The maximum atomic E-state index is 12.3. The van der Waals surface area contributed by atoms with Crippen LogP contribution in [-0.4, -0.2) is 27.1 Å². The highest BCUT2D eigenvalue weighted by Gasteiger charge is 2.13. The van der Waals surface area contributed by atoms with Gasteiger partial charge in [0.05, 0.1) is 6.10 Å². The van der Waals surface area contributed by atoms with E-state index in [1.54, 1.807) is 0 Å². The highest BCUT2D eigenvalue weighted by Crippen LogP contribution is 2.21. The second-order valence-corrected chi connectivity index (χ2v) is 6.24. The van der Waals surface area contributed by atoms with E-state index >= 15 is 0 Å². The van der Waals surface area contributed by atoms with Crippen LogP contribution in [0.15, 0.2) is 60.8 Å². The number of H-pyrrole nitrogens is 1. The van der Waals surface area contributed by atoms with E-state index in [1.807, 2.05) is 72.4 Å². The van der Waals surface area contributed by atoms with Gasteiger partial charge >= 0.3 is 0 Å². The lowest BCUT2D eigenvalue weighted by atomic mass is 10.1. The molecule has 5 nitrogen and oxygen atoms in total. The van der Waals surface area contributed by atoms with E-state index in [2.05, 4.69) is 10.3 Å². The van der Waals surface area contributed by atoms with Crippen LogP contribution in [0.25, 0.3) is 21.8 Å². The van der Waals surface area contributed by atoms with Crippen molar-refractivity contribution < 1.29 is 9.90 Å². The topological polar surface area (TPSA) is 70.0 Å². The van der Waals surface area contributed by atoms with Gasteiger partial charge in [-0.2, -0.15) is 0 Å². The third-order valence-electron chi connectivity index (χ3n) is 4.52. The summed E-state index contributed by atoms with van der Waals surface area (Å²) < 4.78 is 2.03. The van der Waals surface area contributed by atoms with Crippen LogP contribution in [0.3, 0.4) is 0 Å². The molecule has 0 aliphatic heterocycles. The highest BCUT2D eigenvalue weighted by atomic mass is 16.3. The number of para-hydroxylation sites is 1. The summed E-state index contributed by atoms with van der Waals surface area (Å²) >= 11 is 0. The number of aliphatic hydroxyl groups is 1. The number of rotatable bonds is 4. The van der Waals surface area contributed by atoms with Crippen LogP contribution in [0.4, 0.5) is 0 Å². The van der Waals surface area contributed by atoms with Crippen molar-refractivity contribution in [3.05, 3.63) is 72.1 Å². The van der Waals surface area contributed by atoms with Gasteiger partial charge in [0, 0.05) is 36.2 Å². The molecule has 1 atom stereocenters. The van der Waals surface area contributed by atoms with Crippen LogP contribution in [0.5, 0.6) is 0 Å². The average Bonchev–Trinajstić information content (AvgIpc) is 3.23. The molecule has 126 valence electrons. The number of nitrogens with zero attached hydrogens (tertiary/aromatic N) is 1. The summed E-state index contributed by atoms with van der Waals surface area (Å²) in [4.78, 5) is 15.4. The molecular weight excluding hydrogens is 314 g/mol.